The quantitative estimate of drug-likeness (QED) is 0.298. The van der Waals surface area contributed by atoms with Gasteiger partial charge in [0.2, 0.25) is 0 Å². The second-order valence-electron chi connectivity index (χ2n) is 7.76. The van der Waals surface area contributed by atoms with Crippen LogP contribution in [0.2, 0.25) is 0 Å². The normalized spacial score (nSPS) is 13.3. The summed E-state index contributed by atoms with van der Waals surface area (Å²) >= 11 is 0. The van der Waals surface area contributed by atoms with Gasteiger partial charge in [-0.2, -0.15) is 0 Å². The number of nitro groups is 1. The van der Waals surface area contributed by atoms with Gasteiger partial charge in [-0.3, -0.25) is 14.9 Å². The fourth-order valence-corrected chi connectivity index (χ4v) is 3.68. The first-order valence-electron chi connectivity index (χ1n) is 11.0. The van der Waals surface area contributed by atoms with E-state index in [4.69, 9.17) is 4.74 Å². The molecule has 3 N–H and O–H groups in total. The Morgan fingerprint density at radius 1 is 1.03 bits per heavy atom. The first-order chi connectivity index (χ1) is 16.0. The Morgan fingerprint density at radius 2 is 1.70 bits per heavy atom. The average Bonchev–Trinajstić information content (AvgIpc) is 2.82. The molecule has 176 valence electrons. The van der Waals surface area contributed by atoms with E-state index >= 15 is 0 Å². The van der Waals surface area contributed by atoms with Crippen LogP contribution in [0.5, 0.6) is 0 Å². The predicted octanol–water partition coefficient (Wildman–Crippen LogP) is 4.00. The smallest absolute Gasteiger partial charge is 0.323 e. The van der Waals surface area contributed by atoms with Crippen molar-refractivity contribution in [1.82, 2.24) is 5.32 Å². The van der Waals surface area contributed by atoms with Crippen LogP contribution in [-0.4, -0.2) is 50.2 Å². The maximum atomic E-state index is 12.9. The average molecular weight is 456 g/mol. The number of nitro benzene ring substituents is 1. The maximum Gasteiger partial charge on any atom is 0.323 e. The molecule has 0 radical (unpaired) electrons. The SMILES string of the molecule is COCCCNC(=O)c1cc(NC(=O)Nc2ccc([N+](=O)[O-])cc2)ccc1N1CCCCC1. The van der Waals surface area contributed by atoms with Crippen LogP contribution < -0.4 is 20.9 Å². The molecule has 33 heavy (non-hydrogen) atoms. The lowest BCUT2D eigenvalue weighted by Gasteiger charge is -2.30. The number of carbonyl (C=O) groups excluding carboxylic acids is 2. The summed E-state index contributed by atoms with van der Waals surface area (Å²) in [6.07, 6.45) is 4.04. The molecule has 0 aromatic heterocycles. The third kappa shape index (κ3) is 6.91. The lowest BCUT2D eigenvalue weighted by atomic mass is 10.1. The molecule has 0 bridgehead atoms. The van der Waals surface area contributed by atoms with E-state index in [2.05, 4.69) is 20.9 Å². The van der Waals surface area contributed by atoms with Crippen molar-refractivity contribution in [3.8, 4) is 0 Å². The Kier molecular flexibility index (Phi) is 8.59. The predicted molar refractivity (Wildman–Crippen MR) is 127 cm³/mol. The molecule has 3 rings (SSSR count). The van der Waals surface area contributed by atoms with Crippen molar-refractivity contribution >= 4 is 34.7 Å². The van der Waals surface area contributed by atoms with Crippen LogP contribution in [-0.2, 0) is 4.74 Å². The van der Waals surface area contributed by atoms with Gasteiger partial charge in [0.1, 0.15) is 0 Å². The van der Waals surface area contributed by atoms with Crippen molar-refractivity contribution in [2.45, 2.75) is 25.7 Å². The van der Waals surface area contributed by atoms with Gasteiger partial charge in [0.15, 0.2) is 0 Å². The number of hydrogen-bond donors (Lipinski definition) is 3. The Bertz CT molecular complexity index is 974. The standard InChI is InChI=1S/C23H29N5O5/c1-33-15-5-12-24-22(29)20-16-18(8-11-21(20)27-13-3-2-4-14-27)26-23(30)25-17-6-9-19(10-7-17)28(31)32/h6-11,16H,2-5,12-15H2,1H3,(H,24,29)(H2,25,26,30). The summed E-state index contributed by atoms with van der Waals surface area (Å²) in [7, 11) is 1.62. The number of hydrogen-bond acceptors (Lipinski definition) is 6. The first kappa shape index (κ1) is 24.0. The first-order valence-corrected chi connectivity index (χ1v) is 11.0. The molecule has 0 unspecified atom stereocenters. The lowest BCUT2D eigenvalue weighted by Crippen LogP contribution is -2.33. The molecule has 0 aliphatic carbocycles. The van der Waals surface area contributed by atoms with Crippen LogP contribution in [0, 0.1) is 10.1 Å². The number of non-ortho nitro benzene ring substituents is 1. The van der Waals surface area contributed by atoms with E-state index in [1.165, 1.54) is 30.7 Å². The highest BCUT2D eigenvalue weighted by atomic mass is 16.6. The van der Waals surface area contributed by atoms with Crippen molar-refractivity contribution in [1.29, 1.82) is 0 Å². The third-order valence-corrected chi connectivity index (χ3v) is 5.34. The van der Waals surface area contributed by atoms with Crippen molar-refractivity contribution in [3.05, 3.63) is 58.1 Å². The topological polar surface area (TPSA) is 126 Å². The lowest BCUT2D eigenvalue weighted by molar-refractivity contribution is -0.384. The molecule has 1 fully saturated rings. The highest BCUT2D eigenvalue weighted by molar-refractivity contribution is 6.04. The van der Waals surface area contributed by atoms with E-state index in [-0.39, 0.29) is 11.6 Å². The second kappa shape index (κ2) is 11.8. The summed E-state index contributed by atoms with van der Waals surface area (Å²) in [6, 6.07) is 10.3. The Labute approximate surface area is 192 Å². The molecule has 2 aromatic rings. The molecule has 10 heteroatoms. The number of amides is 3. The van der Waals surface area contributed by atoms with Crippen LogP contribution in [0.25, 0.3) is 0 Å². The molecular weight excluding hydrogens is 426 g/mol. The molecule has 0 saturated carbocycles. The maximum absolute atomic E-state index is 12.9. The summed E-state index contributed by atoms with van der Waals surface area (Å²) in [5.41, 5.74) is 2.18. The Morgan fingerprint density at radius 3 is 2.36 bits per heavy atom. The van der Waals surface area contributed by atoms with Gasteiger partial charge in [-0.25, -0.2) is 4.79 Å². The van der Waals surface area contributed by atoms with Crippen LogP contribution in [0.15, 0.2) is 42.5 Å². The van der Waals surface area contributed by atoms with Crippen LogP contribution in [0.4, 0.5) is 27.5 Å². The number of piperidine rings is 1. The summed E-state index contributed by atoms with van der Waals surface area (Å²) in [6.45, 7) is 2.82. The van der Waals surface area contributed by atoms with Crippen molar-refractivity contribution in [2.75, 3.05) is 48.9 Å². The minimum Gasteiger partial charge on any atom is -0.385 e. The van der Waals surface area contributed by atoms with E-state index < -0.39 is 11.0 Å². The molecule has 0 atom stereocenters. The number of ether oxygens (including phenoxy) is 1. The molecule has 2 aromatic carbocycles. The summed E-state index contributed by atoms with van der Waals surface area (Å²) in [5, 5.41) is 19.0. The second-order valence-corrected chi connectivity index (χ2v) is 7.76. The monoisotopic (exact) mass is 455 g/mol. The van der Waals surface area contributed by atoms with Crippen LogP contribution >= 0.6 is 0 Å². The van der Waals surface area contributed by atoms with Gasteiger partial charge in [-0.05, 0) is 56.0 Å². The highest BCUT2D eigenvalue weighted by Gasteiger charge is 2.19. The summed E-state index contributed by atoms with van der Waals surface area (Å²) < 4.78 is 5.03. The van der Waals surface area contributed by atoms with E-state index in [1.807, 2.05) is 6.07 Å². The summed E-state index contributed by atoms with van der Waals surface area (Å²) in [4.78, 5) is 37.8. The zero-order valence-corrected chi connectivity index (χ0v) is 18.6. The van der Waals surface area contributed by atoms with Gasteiger partial charge >= 0.3 is 6.03 Å². The third-order valence-electron chi connectivity index (χ3n) is 5.34. The molecular formula is C23H29N5O5. The number of benzene rings is 2. The number of nitrogens with zero attached hydrogens (tertiary/aromatic N) is 2. The number of carbonyl (C=O) groups is 2. The van der Waals surface area contributed by atoms with Crippen LogP contribution in [0.1, 0.15) is 36.0 Å². The Hall–Kier alpha value is -3.66. The van der Waals surface area contributed by atoms with Gasteiger partial charge < -0.3 is 25.6 Å². The van der Waals surface area contributed by atoms with Crippen molar-refractivity contribution in [3.63, 3.8) is 0 Å². The highest BCUT2D eigenvalue weighted by Crippen LogP contribution is 2.27. The van der Waals surface area contributed by atoms with Crippen LogP contribution in [0.3, 0.4) is 0 Å². The van der Waals surface area contributed by atoms with E-state index in [1.54, 1.807) is 19.2 Å². The van der Waals surface area contributed by atoms with Crippen molar-refractivity contribution in [2.24, 2.45) is 0 Å². The zero-order chi connectivity index (χ0) is 23.6. The number of nitrogens with one attached hydrogen (secondary N) is 3. The molecule has 1 aliphatic rings. The molecule has 1 aliphatic heterocycles. The Balaban J connectivity index is 1.72. The van der Waals surface area contributed by atoms with Gasteiger partial charge in [-0.15, -0.1) is 0 Å². The fourth-order valence-electron chi connectivity index (χ4n) is 3.68. The van der Waals surface area contributed by atoms with Gasteiger partial charge in [0.25, 0.3) is 11.6 Å². The number of anilines is 3. The van der Waals surface area contributed by atoms with E-state index in [9.17, 15) is 19.7 Å². The zero-order valence-electron chi connectivity index (χ0n) is 18.6. The number of rotatable bonds is 9. The molecule has 1 heterocycles. The molecule has 0 spiro atoms. The number of urea groups is 1. The van der Waals surface area contributed by atoms with Gasteiger partial charge in [0.05, 0.1) is 10.5 Å². The fraction of sp³-hybridized carbons (Fsp3) is 0.391. The largest absolute Gasteiger partial charge is 0.385 e. The van der Waals surface area contributed by atoms with Gasteiger partial charge in [-0.1, -0.05) is 0 Å². The minimum atomic E-state index is -0.513. The van der Waals surface area contributed by atoms with E-state index in [0.29, 0.717) is 36.5 Å². The summed E-state index contributed by atoms with van der Waals surface area (Å²) in [5.74, 6) is -0.203. The molecule has 3 amide bonds. The molecule has 1 saturated heterocycles. The molecule has 10 nitrogen and oxygen atoms in total. The minimum absolute atomic E-state index is 0.0598. The van der Waals surface area contributed by atoms with Crippen molar-refractivity contribution < 1.29 is 19.2 Å². The number of methoxy groups -OCH3 is 1. The van der Waals surface area contributed by atoms with Gasteiger partial charge in [0, 0.05) is 62.5 Å². The van der Waals surface area contributed by atoms with E-state index in [0.717, 1.165) is 31.6 Å².